The number of carbonyl (C=O) groups excluding carboxylic acids is 1. The van der Waals surface area contributed by atoms with Gasteiger partial charge in [0, 0.05) is 5.02 Å². The number of nitrogens with zero attached hydrogens (tertiary/aromatic N) is 1. The molecule has 5 heteroatoms. The number of nitrogens with one attached hydrogen (secondary N) is 1. The van der Waals surface area contributed by atoms with Crippen molar-refractivity contribution in [2.45, 2.75) is 0 Å². The van der Waals surface area contributed by atoms with Crippen LogP contribution in [0.4, 0.5) is 0 Å². The number of imidazole rings is 1. The van der Waals surface area contributed by atoms with Gasteiger partial charge < -0.3 is 9.72 Å². The number of aromatic nitrogens is 2. The summed E-state index contributed by atoms with van der Waals surface area (Å²) in [6, 6.07) is 3.24. The number of fused-ring (bicyclic) bond motifs is 1. The summed E-state index contributed by atoms with van der Waals surface area (Å²) in [6.45, 7) is 3.64. The quantitative estimate of drug-likeness (QED) is 0.658. The van der Waals surface area contributed by atoms with Gasteiger partial charge >= 0.3 is 5.97 Å². The van der Waals surface area contributed by atoms with Crippen LogP contribution in [0.1, 0.15) is 10.4 Å². The summed E-state index contributed by atoms with van der Waals surface area (Å²) in [6.07, 6.45) is 3.01. The van der Waals surface area contributed by atoms with Crippen molar-refractivity contribution in [2.75, 3.05) is 6.61 Å². The molecule has 16 heavy (non-hydrogen) atoms. The molecule has 0 amide bonds. The molecule has 0 saturated carbocycles. The summed E-state index contributed by atoms with van der Waals surface area (Å²) < 4.78 is 4.94. The zero-order valence-electron chi connectivity index (χ0n) is 8.37. The van der Waals surface area contributed by atoms with E-state index < -0.39 is 5.97 Å². The number of aromatic amines is 1. The van der Waals surface area contributed by atoms with Crippen LogP contribution in [-0.2, 0) is 4.74 Å². The minimum Gasteiger partial charge on any atom is -0.458 e. The third kappa shape index (κ3) is 1.92. The number of H-pyrrole nitrogens is 1. The monoisotopic (exact) mass is 236 g/mol. The molecule has 82 valence electrons. The van der Waals surface area contributed by atoms with Gasteiger partial charge in [0.2, 0.25) is 0 Å². The maximum atomic E-state index is 11.7. The van der Waals surface area contributed by atoms with Crippen LogP contribution in [0, 0.1) is 0 Å². The summed E-state index contributed by atoms with van der Waals surface area (Å²) in [5.41, 5.74) is 1.61. The average molecular weight is 237 g/mol. The van der Waals surface area contributed by atoms with Crippen LogP contribution in [-0.4, -0.2) is 22.5 Å². The van der Waals surface area contributed by atoms with Crippen molar-refractivity contribution in [3.05, 3.63) is 41.7 Å². The molecule has 0 aliphatic heterocycles. The minimum atomic E-state index is -0.459. The molecule has 2 aromatic rings. The molecule has 0 spiro atoms. The van der Waals surface area contributed by atoms with Crippen molar-refractivity contribution in [3.8, 4) is 0 Å². The highest BCUT2D eigenvalue weighted by atomic mass is 35.5. The molecule has 4 nitrogen and oxygen atoms in total. The standard InChI is InChI=1S/C11H9ClN2O2/c1-2-3-16-11(15)8-4-7(12)5-9-10(8)14-6-13-9/h2,4-6H,1,3H2,(H,13,14). The number of benzene rings is 1. The third-order valence-electron chi connectivity index (χ3n) is 2.04. The first-order chi connectivity index (χ1) is 7.72. The maximum absolute atomic E-state index is 11.7. The summed E-state index contributed by atoms with van der Waals surface area (Å²) >= 11 is 5.88. The first-order valence-corrected chi connectivity index (χ1v) is 5.01. The van der Waals surface area contributed by atoms with Gasteiger partial charge in [-0.05, 0) is 12.1 Å². The van der Waals surface area contributed by atoms with E-state index >= 15 is 0 Å². The Bertz CT molecular complexity index is 548. The van der Waals surface area contributed by atoms with Gasteiger partial charge in [0.1, 0.15) is 12.1 Å². The maximum Gasteiger partial charge on any atom is 0.340 e. The van der Waals surface area contributed by atoms with Crippen LogP contribution in [0.15, 0.2) is 31.1 Å². The Kier molecular flexibility index (Phi) is 2.92. The molecule has 0 aliphatic carbocycles. The molecule has 0 aliphatic rings. The zero-order chi connectivity index (χ0) is 11.5. The lowest BCUT2D eigenvalue weighted by molar-refractivity contribution is 0.0552. The van der Waals surface area contributed by atoms with E-state index in [2.05, 4.69) is 16.5 Å². The number of esters is 1. The van der Waals surface area contributed by atoms with Crippen LogP contribution in [0.3, 0.4) is 0 Å². The Morgan fingerprint density at radius 1 is 1.62 bits per heavy atom. The van der Waals surface area contributed by atoms with Gasteiger partial charge in [-0.25, -0.2) is 9.78 Å². The first kappa shape index (κ1) is 10.7. The lowest BCUT2D eigenvalue weighted by Crippen LogP contribution is -2.05. The molecule has 2 rings (SSSR count). The Hall–Kier alpha value is -1.81. The second kappa shape index (κ2) is 4.37. The van der Waals surface area contributed by atoms with Crippen molar-refractivity contribution in [3.63, 3.8) is 0 Å². The molecule has 0 unspecified atom stereocenters. The lowest BCUT2D eigenvalue weighted by Gasteiger charge is -2.03. The van der Waals surface area contributed by atoms with E-state index in [1.807, 2.05) is 0 Å². The Morgan fingerprint density at radius 2 is 2.44 bits per heavy atom. The Balaban J connectivity index is 2.45. The molecule has 0 atom stereocenters. The molecule has 1 N–H and O–H groups in total. The van der Waals surface area contributed by atoms with Crippen molar-refractivity contribution in [2.24, 2.45) is 0 Å². The topological polar surface area (TPSA) is 55.0 Å². The van der Waals surface area contributed by atoms with Crippen molar-refractivity contribution in [1.29, 1.82) is 0 Å². The van der Waals surface area contributed by atoms with Crippen molar-refractivity contribution in [1.82, 2.24) is 9.97 Å². The van der Waals surface area contributed by atoms with Gasteiger partial charge in [0.25, 0.3) is 0 Å². The Labute approximate surface area is 96.9 Å². The fraction of sp³-hybridized carbons (Fsp3) is 0.0909. The van der Waals surface area contributed by atoms with E-state index in [-0.39, 0.29) is 6.61 Å². The van der Waals surface area contributed by atoms with Crippen LogP contribution >= 0.6 is 11.6 Å². The zero-order valence-corrected chi connectivity index (χ0v) is 9.12. The highest BCUT2D eigenvalue weighted by Crippen LogP contribution is 2.21. The smallest absolute Gasteiger partial charge is 0.340 e. The summed E-state index contributed by atoms with van der Waals surface area (Å²) in [5.74, 6) is -0.459. The highest BCUT2D eigenvalue weighted by Gasteiger charge is 2.14. The minimum absolute atomic E-state index is 0.164. The van der Waals surface area contributed by atoms with Gasteiger partial charge in [0.15, 0.2) is 0 Å². The summed E-state index contributed by atoms with van der Waals surface area (Å²) in [5, 5.41) is 0.460. The van der Waals surface area contributed by atoms with Crippen LogP contribution in [0.25, 0.3) is 11.0 Å². The summed E-state index contributed by atoms with van der Waals surface area (Å²) in [4.78, 5) is 18.6. The van der Waals surface area contributed by atoms with Gasteiger partial charge in [-0.1, -0.05) is 24.3 Å². The van der Waals surface area contributed by atoms with E-state index in [9.17, 15) is 4.79 Å². The predicted octanol–water partition coefficient (Wildman–Crippen LogP) is 2.56. The largest absolute Gasteiger partial charge is 0.458 e. The molecule has 1 aromatic carbocycles. The molecule has 1 heterocycles. The van der Waals surface area contributed by atoms with Crippen LogP contribution in [0.5, 0.6) is 0 Å². The van der Waals surface area contributed by atoms with Gasteiger partial charge in [-0.3, -0.25) is 0 Å². The van der Waals surface area contributed by atoms with Gasteiger partial charge in [0.05, 0.1) is 17.4 Å². The number of rotatable bonds is 3. The number of halogens is 1. The predicted molar refractivity (Wildman–Crippen MR) is 61.6 cm³/mol. The number of hydrogen-bond donors (Lipinski definition) is 1. The second-order valence-electron chi connectivity index (χ2n) is 3.14. The molecule has 1 aromatic heterocycles. The molecule has 0 radical (unpaired) electrons. The van der Waals surface area contributed by atoms with E-state index in [4.69, 9.17) is 16.3 Å². The average Bonchev–Trinajstić information content (AvgIpc) is 2.72. The lowest BCUT2D eigenvalue weighted by atomic mass is 10.2. The van der Waals surface area contributed by atoms with E-state index in [0.29, 0.717) is 21.6 Å². The summed E-state index contributed by atoms with van der Waals surface area (Å²) in [7, 11) is 0. The normalized spacial score (nSPS) is 10.3. The van der Waals surface area contributed by atoms with Crippen LogP contribution in [0.2, 0.25) is 5.02 Å². The fourth-order valence-corrected chi connectivity index (χ4v) is 1.60. The van der Waals surface area contributed by atoms with E-state index in [1.165, 1.54) is 18.5 Å². The van der Waals surface area contributed by atoms with E-state index in [1.54, 1.807) is 6.07 Å². The molecule has 0 saturated heterocycles. The second-order valence-corrected chi connectivity index (χ2v) is 3.58. The van der Waals surface area contributed by atoms with Crippen LogP contribution < -0.4 is 0 Å². The van der Waals surface area contributed by atoms with Gasteiger partial charge in [-0.2, -0.15) is 0 Å². The number of hydrogen-bond acceptors (Lipinski definition) is 3. The van der Waals surface area contributed by atoms with Gasteiger partial charge in [-0.15, -0.1) is 0 Å². The molecule has 0 fully saturated rings. The highest BCUT2D eigenvalue weighted by molar-refractivity contribution is 6.31. The molecular weight excluding hydrogens is 228 g/mol. The number of ether oxygens (including phenoxy) is 1. The Morgan fingerprint density at radius 3 is 3.19 bits per heavy atom. The molecular formula is C11H9ClN2O2. The van der Waals surface area contributed by atoms with Crippen molar-refractivity contribution >= 4 is 28.6 Å². The van der Waals surface area contributed by atoms with E-state index in [0.717, 1.165) is 0 Å². The fourth-order valence-electron chi connectivity index (χ4n) is 1.38. The first-order valence-electron chi connectivity index (χ1n) is 4.63. The third-order valence-corrected chi connectivity index (χ3v) is 2.26. The molecule has 0 bridgehead atoms. The SMILES string of the molecule is C=CCOC(=O)c1cc(Cl)cc2[nH]cnc12. The van der Waals surface area contributed by atoms with Crippen molar-refractivity contribution < 1.29 is 9.53 Å². The number of carbonyl (C=O) groups is 1.